The molecule has 1 aliphatic rings. The van der Waals surface area contributed by atoms with E-state index < -0.39 is 0 Å². The molecule has 1 N–H and O–H groups in total. The number of nitrogens with one attached hydrogen (secondary N) is 1. The van der Waals surface area contributed by atoms with Crippen LogP contribution in [0.1, 0.15) is 20.8 Å². The maximum absolute atomic E-state index is 4.21. The van der Waals surface area contributed by atoms with Gasteiger partial charge < -0.3 is 5.32 Å². The minimum absolute atomic E-state index is 1.06. The van der Waals surface area contributed by atoms with Crippen molar-refractivity contribution < 1.29 is 0 Å². The fraction of sp³-hybridized carbons (Fsp3) is 0.615. The molecule has 1 heterocycles. The Labute approximate surface area is 98.9 Å². The summed E-state index contributed by atoms with van der Waals surface area (Å²) in [5.74, 6) is 0. The predicted molar refractivity (Wildman–Crippen MR) is 71.0 cm³/mol. The molecule has 0 bridgehead atoms. The lowest BCUT2D eigenvalue weighted by Crippen LogP contribution is -2.43. The third-order valence-corrected chi connectivity index (χ3v) is 2.62. The highest BCUT2D eigenvalue weighted by Gasteiger charge is 2.08. The highest BCUT2D eigenvalue weighted by molar-refractivity contribution is 5.55. The fourth-order valence-corrected chi connectivity index (χ4v) is 1.78. The van der Waals surface area contributed by atoms with Crippen molar-refractivity contribution in [2.24, 2.45) is 4.99 Å². The number of nitrogens with zero attached hydrogens (tertiary/aromatic N) is 2. The van der Waals surface area contributed by atoms with Gasteiger partial charge in [0.2, 0.25) is 0 Å². The molecule has 0 amide bonds. The van der Waals surface area contributed by atoms with E-state index in [1.807, 2.05) is 20.1 Å². The molecule has 0 atom stereocenters. The van der Waals surface area contributed by atoms with E-state index >= 15 is 0 Å². The van der Waals surface area contributed by atoms with Crippen molar-refractivity contribution >= 4 is 6.21 Å². The van der Waals surface area contributed by atoms with Gasteiger partial charge in [0, 0.05) is 44.6 Å². The molecule has 1 fully saturated rings. The van der Waals surface area contributed by atoms with Crippen LogP contribution in [0.3, 0.4) is 0 Å². The smallest absolute Gasteiger partial charge is 0.0368 e. The first kappa shape index (κ1) is 13.1. The Balaban J connectivity index is 2.40. The number of piperazine rings is 1. The van der Waals surface area contributed by atoms with Gasteiger partial charge in [-0.05, 0) is 26.8 Å². The molecule has 0 radical (unpaired) electrons. The number of aliphatic imine (C=N–C) groups is 1. The minimum atomic E-state index is 1.06. The molecule has 1 aliphatic heterocycles. The highest BCUT2D eigenvalue weighted by atomic mass is 15.2. The Hall–Kier alpha value is -0.930. The van der Waals surface area contributed by atoms with Crippen LogP contribution >= 0.6 is 0 Å². The largest absolute Gasteiger partial charge is 0.314 e. The van der Waals surface area contributed by atoms with E-state index in [-0.39, 0.29) is 0 Å². The van der Waals surface area contributed by atoms with Gasteiger partial charge in [0.25, 0.3) is 0 Å². The topological polar surface area (TPSA) is 27.6 Å². The molecule has 0 spiro atoms. The van der Waals surface area contributed by atoms with Gasteiger partial charge in [-0.2, -0.15) is 0 Å². The zero-order chi connectivity index (χ0) is 11.8. The molecule has 0 aromatic heterocycles. The third-order valence-electron chi connectivity index (χ3n) is 2.62. The van der Waals surface area contributed by atoms with Crippen LogP contribution in [0, 0.1) is 0 Å². The van der Waals surface area contributed by atoms with Crippen molar-refractivity contribution in [3.63, 3.8) is 0 Å². The highest BCUT2D eigenvalue weighted by Crippen LogP contribution is 2.02. The van der Waals surface area contributed by atoms with E-state index in [9.17, 15) is 0 Å². The summed E-state index contributed by atoms with van der Waals surface area (Å²) in [6, 6.07) is 0. The van der Waals surface area contributed by atoms with E-state index in [4.69, 9.17) is 0 Å². The molecular formula is C13H23N3. The molecule has 0 aliphatic carbocycles. The number of hydrogen-bond donors (Lipinski definition) is 1. The zero-order valence-corrected chi connectivity index (χ0v) is 10.7. The summed E-state index contributed by atoms with van der Waals surface area (Å²) < 4.78 is 0. The molecule has 1 rings (SSSR count). The first-order valence-corrected chi connectivity index (χ1v) is 5.98. The number of rotatable bonds is 4. The molecule has 16 heavy (non-hydrogen) atoms. The summed E-state index contributed by atoms with van der Waals surface area (Å²) >= 11 is 0. The molecule has 0 aromatic rings. The van der Waals surface area contributed by atoms with Crippen LogP contribution in [-0.2, 0) is 0 Å². The van der Waals surface area contributed by atoms with Gasteiger partial charge in [0.05, 0.1) is 0 Å². The van der Waals surface area contributed by atoms with Crippen LogP contribution in [0.2, 0.25) is 0 Å². The summed E-state index contributed by atoms with van der Waals surface area (Å²) in [7, 11) is 0. The van der Waals surface area contributed by atoms with E-state index in [0.717, 1.165) is 38.4 Å². The second kappa shape index (κ2) is 7.36. The van der Waals surface area contributed by atoms with E-state index in [1.165, 1.54) is 5.57 Å². The molecule has 0 saturated carbocycles. The van der Waals surface area contributed by atoms with Gasteiger partial charge in [0.15, 0.2) is 0 Å². The van der Waals surface area contributed by atoms with Crippen LogP contribution in [0.25, 0.3) is 0 Å². The summed E-state index contributed by atoms with van der Waals surface area (Å²) in [6.45, 7) is 11.7. The SMILES string of the molecule is C\C=N/C(C)=C\C=C(/C)CN1CCNCC1. The van der Waals surface area contributed by atoms with Crippen molar-refractivity contribution in [2.45, 2.75) is 20.8 Å². The van der Waals surface area contributed by atoms with Crippen LogP contribution < -0.4 is 5.32 Å². The lowest BCUT2D eigenvalue weighted by molar-refractivity contribution is 0.259. The fourth-order valence-electron chi connectivity index (χ4n) is 1.78. The number of hydrogen-bond acceptors (Lipinski definition) is 3. The van der Waals surface area contributed by atoms with Gasteiger partial charge in [-0.1, -0.05) is 11.6 Å². The Morgan fingerprint density at radius 2 is 1.94 bits per heavy atom. The molecule has 0 aromatic carbocycles. The van der Waals surface area contributed by atoms with Crippen LogP contribution in [0.5, 0.6) is 0 Å². The molecule has 90 valence electrons. The lowest BCUT2D eigenvalue weighted by atomic mass is 10.2. The van der Waals surface area contributed by atoms with Gasteiger partial charge in [-0.25, -0.2) is 0 Å². The van der Waals surface area contributed by atoms with E-state index in [2.05, 4.69) is 34.3 Å². The average molecular weight is 221 g/mol. The Morgan fingerprint density at radius 3 is 2.56 bits per heavy atom. The van der Waals surface area contributed by atoms with Gasteiger partial charge in [-0.3, -0.25) is 9.89 Å². The monoisotopic (exact) mass is 221 g/mol. The minimum Gasteiger partial charge on any atom is -0.314 e. The van der Waals surface area contributed by atoms with Crippen molar-refractivity contribution in [1.29, 1.82) is 0 Å². The molecule has 1 saturated heterocycles. The van der Waals surface area contributed by atoms with Gasteiger partial charge in [0.1, 0.15) is 0 Å². The molecule has 3 heteroatoms. The van der Waals surface area contributed by atoms with Crippen LogP contribution in [0.4, 0.5) is 0 Å². The van der Waals surface area contributed by atoms with Crippen molar-refractivity contribution in [3.8, 4) is 0 Å². The summed E-state index contributed by atoms with van der Waals surface area (Å²) in [4.78, 5) is 6.69. The molecular weight excluding hydrogens is 198 g/mol. The Kier molecular flexibility index (Phi) is 6.04. The van der Waals surface area contributed by atoms with E-state index in [1.54, 1.807) is 0 Å². The average Bonchev–Trinajstić information content (AvgIpc) is 2.28. The lowest BCUT2D eigenvalue weighted by Gasteiger charge is -2.27. The van der Waals surface area contributed by atoms with Crippen molar-refractivity contribution in [3.05, 3.63) is 23.4 Å². The van der Waals surface area contributed by atoms with Gasteiger partial charge in [-0.15, -0.1) is 0 Å². The maximum atomic E-state index is 4.21. The quantitative estimate of drug-likeness (QED) is 0.579. The van der Waals surface area contributed by atoms with Crippen LogP contribution in [0.15, 0.2) is 28.4 Å². The van der Waals surface area contributed by atoms with Crippen LogP contribution in [-0.4, -0.2) is 43.8 Å². The second-order valence-corrected chi connectivity index (χ2v) is 4.23. The Bertz CT molecular complexity index is 284. The molecule has 0 unspecified atom stereocenters. The third kappa shape index (κ3) is 5.24. The predicted octanol–water partition coefficient (Wildman–Crippen LogP) is 1.83. The molecule has 3 nitrogen and oxygen atoms in total. The summed E-state index contributed by atoms with van der Waals surface area (Å²) in [5.41, 5.74) is 2.45. The first-order valence-electron chi connectivity index (χ1n) is 5.98. The normalized spacial score (nSPS) is 20.7. The summed E-state index contributed by atoms with van der Waals surface area (Å²) in [6.07, 6.45) is 6.08. The van der Waals surface area contributed by atoms with Gasteiger partial charge >= 0.3 is 0 Å². The zero-order valence-electron chi connectivity index (χ0n) is 10.7. The Morgan fingerprint density at radius 1 is 1.25 bits per heavy atom. The summed E-state index contributed by atoms with van der Waals surface area (Å²) in [5, 5.41) is 3.36. The number of allylic oxidation sites excluding steroid dienone is 3. The standard InChI is InChI=1S/C13H23N3/c1-4-15-13(3)6-5-12(2)11-16-9-7-14-8-10-16/h4-6,14H,7-11H2,1-3H3/b12-5+,13-6-,15-4-. The van der Waals surface area contributed by atoms with Crippen molar-refractivity contribution in [1.82, 2.24) is 10.2 Å². The maximum Gasteiger partial charge on any atom is 0.0368 e. The van der Waals surface area contributed by atoms with E-state index in [0.29, 0.717) is 0 Å². The van der Waals surface area contributed by atoms with Crippen molar-refractivity contribution in [2.75, 3.05) is 32.7 Å². The second-order valence-electron chi connectivity index (χ2n) is 4.23. The first-order chi connectivity index (χ1) is 7.72.